The molecule has 0 saturated carbocycles. The quantitative estimate of drug-likeness (QED) is 0.337. The Labute approximate surface area is 204 Å². The number of sulfonamides is 1. The highest BCUT2D eigenvalue weighted by molar-refractivity contribution is 7.89. The first-order chi connectivity index (χ1) is 16.5. The molecule has 3 aromatic rings. The van der Waals surface area contributed by atoms with Crippen LogP contribution in [0.4, 0.5) is 10.5 Å². The maximum Gasteiger partial charge on any atom is 0.408 e. The number of alkyl carbamates (subject to hydrolysis) is 1. The predicted molar refractivity (Wildman–Crippen MR) is 131 cm³/mol. The summed E-state index contributed by atoms with van der Waals surface area (Å²) in [7, 11) is -4.14. The molecule has 0 spiro atoms. The molecule has 2 atom stereocenters. The molecule has 0 heterocycles. The molecule has 184 valence electrons. The number of carbonyl (C=O) groups is 1. The minimum atomic E-state index is -4.14. The van der Waals surface area contributed by atoms with E-state index >= 15 is 0 Å². The second kappa shape index (κ2) is 10.7. The number of carbonyl (C=O) groups excluding carboxylic acids is 1. The third-order valence-corrected chi connectivity index (χ3v) is 6.42. The summed E-state index contributed by atoms with van der Waals surface area (Å²) in [6, 6.07) is 20.6. The van der Waals surface area contributed by atoms with E-state index in [4.69, 9.17) is 4.74 Å². The first-order valence-electron chi connectivity index (χ1n) is 10.8. The van der Waals surface area contributed by atoms with Crippen LogP contribution in [0, 0.1) is 10.1 Å². The highest BCUT2D eigenvalue weighted by atomic mass is 32.2. The molecule has 35 heavy (non-hydrogen) atoms. The SMILES string of the molecule is CC(C)(C)OC(=O)N[C@H](c1ccccc1)[C@H](NS(=O)(=O)c1ccc([N+](=O)[O-])cc1)c1ccccc1. The third-order valence-electron chi connectivity index (χ3n) is 4.96. The molecule has 3 rings (SSSR count). The number of hydrogen-bond acceptors (Lipinski definition) is 6. The normalized spacial score (nSPS) is 13.5. The van der Waals surface area contributed by atoms with Crippen molar-refractivity contribution in [3.05, 3.63) is 106 Å². The molecule has 0 unspecified atom stereocenters. The number of nitro benzene ring substituents is 1. The van der Waals surface area contributed by atoms with Crippen molar-refractivity contribution in [1.82, 2.24) is 10.0 Å². The van der Waals surface area contributed by atoms with Gasteiger partial charge >= 0.3 is 6.09 Å². The lowest BCUT2D eigenvalue weighted by Gasteiger charge is -2.30. The third kappa shape index (κ3) is 7.11. The first kappa shape index (κ1) is 25.9. The molecule has 0 aromatic heterocycles. The van der Waals surface area contributed by atoms with E-state index < -0.39 is 38.7 Å². The molecule has 0 aliphatic carbocycles. The summed E-state index contributed by atoms with van der Waals surface area (Å²) in [4.78, 5) is 23.0. The van der Waals surface area contributed by atoms with Crippen molar-refractivity contribution in [1.29, 1.82) is 0 Å². The van der Waals surface area contributed by atoms with Gasteiger partial charge in [-0.25, -0.2) is 17.9 Å². The van der Waals surface area contributed by atoms with Gasteiger partial charge in [0.2, 0.25) is 10.0 Å². The molecule has 2 N–H and O–H groups in total. The van der Waals surface area contributed by atoms with Crippen molar-refractivity contribution < 1.29 is 22.9 Å². The van der Waals surface area contributed by atoms with Gasteiger partial charge in [-0.3, -0.25) is 10.1 Å². The second-order valence-corrected chi connectivity index (χ2v) is 10.5. The van der Waals surface area contributed by atoms with Gasteiger partial charge in [0.25, 0.3) is 5.69 Å². The van der Waals surface area contributed by atoms with Crippen LogP contribution in [0.15, 0.2) is 89.8 Å². The maximum atomic E-state index is 13.3. The summed E-state index contributed by atoms with van der Waals surface area (Å²) in [6.07, 6.45) is -0.707. The molecular formula is C25H27N3O6S. The van der Waals surface area contributed by atoms with Crippen molar-refractivity contribution in [2.45, 2.75) is 43.4 Å². The summed E-state index contributed by atoms with van der Waals surface area (Å²) in [5.74, 6) is 0. The Morgan fingerprint density at radius 1 is 0.857 bits per heavy atom. The number of nitrogens with zero attached hydrogens (tertiary/aromatic N) is 1. The average Bonchev–Trinajstić information content (AvgIpc) is 2.81. The fraction of sp³-hybridized carbons (Fsp3) is 0.240. The number of nitro groups is 1. The minimum absolute atomic E-state index is 0.145. The minimum Gasteiger partial charge on any atom is -0.444 e. The summed E-state index contributed by atoms with van der Waals surface area (Å²) in [6.45, 7) is 5.20. The highest BCUT2D eigenvalue weighted by Gasteiger charge is 2.32. The van der Waals surface area contributed by atoms with Gasteiger partial charge in [0, 0.05) is 12.1 Å². The van der Waals surface area contributed by atoms with Gasteiger partial charge in [-0.2, -0.15) is 0 Å². The average molecular weight is 498 g/mol. The Hall–Kier alpha value is -3.76. The largest absolute Gasteiger partial charge is 0.444 e. The van der Waals surface area contributed by atoms with E-state index in [1.807, 2.05) is 6.07 Å². The molecule has 0 bridgehead atoms. The van der Waals surface area contributed by atoms with Crippen molar-refractivity contribution in [3.63, 3.8) is 0 Å². The Balaban J connectivity index is 2.04. The molecule has 0 fully saturated rings. The Bertz CT molecular complexity index is 1260. The number of amides is 1. The summed E-state index contributed by atoms with van der Waals surface area (Å²) in [5.41, 5.74) is 0.269. The van der Waals surface area contributed by atoms with E-state index in [9.17, 15) is 23.3 Å². The molecule has 10 heteroatoms. The molecule has 0 aliphatic rings. The van der Waals surface area contributed by atoms with E-state index in [1.165, 1.54) is 12.1 Å². The number of ether oxygens (including phenoxy) is 1. The van der Waals surface area contributed by atoms with Gasteiger partial charge in [0.15, 0.2) is 0 Å². The van der Waals surface area contributed by atoms with Crippen LogP contribution in [0.3, 0.4) is 0 Å². The Kier molecular flexibility index (Phi) is 7.88. The molecule has 0 radical (unpaired) electrons. The van der Waals surface area contributed by atoms with Crippen molar-refractivity contribution >= 4 is 21.8 Å². The summed E-state index contributed by atoms with van der Waals surface area (Å²) >= 11 is 0. The lowest BCUT2D eigenvalue weighted by atomic mass is 9.94. The van der Waals surface area contributed by atoms with Gasteiger partial charge in [0.1, 0.15) is 5.60 Å². The number of benzene rings is 3. The van der Waals surface area contributed by atoms with Gasteiger partial charge < -0.3 is 10.1 Å². The van der Waals surface area contributed by atoms with Crippen LogP contribution >= 0.6 is 0 Å². The summed E-state index contributed by atoms with van der Waals surface area (Å²) in [5, 5.41) is 13.8. The standard InChI is InChI=1S/C25H27N3O6S/c1-25(2,3)34-24(29)26-22(18-10-6-4-7-11-18)23(19-12-8-5-9-13-19)27-35(32,33)21-16-14-20(15-17-21)28(30)31/h4-17,22-23,27H,1-3H3,(H,26,29)/t22-,23-/m1/s1. The molecule has 1 amide bonds. The number of nitrogens with one attached hydrogen (secondary N) is 2. The molecule has 0 aliphatic heterocycles. The fourth-order valence-corrected chi connectivity index (χ4v) is 4.66. The second-order valence-electron chi connectivity index (χ2n) is 8.80. The molecule has 9 nitrogen and oxygen atoms in total. The van der Waals surface area contributed by atoms with Crippen LogP contribution in [0.1, 0.15) is 44.0 Å². The number of rotatable bonds is 8. The van der Waals surface area contributed by atoms with Crippen molar-refractivity contribution in [2.24, 2.45) is 0 Å². The topological polar surface area (TPSA) is 128 Å². The molecule has 3 aromatic carbocycles. The van der Waals surface area contributed by atoms with Crippen molar-refractivity contribution in [3.8, 4) is 0 Å². The van der Waals surface area contributed by atoms with Crippen molar-refractivity contribution in [2.75, 3.05) is 0 Å². The van der Waals surface area contributed by atoms with E-state index in [0.717, 1.165) is 12.1 Å². The maximum absolute atomic E-state index is 13.3. The number of non-ortho nitro benzene ring substituents is 1. The number of hydrogen-bond donors (Lipinski definition) is 2. The fourth-order valence-electron chi connectivity index (χ4n) is 3.43. The van der Waals surface area contributed by atoms with E-state index in [0.29, 0.717) is 11.1 Å². The monoisotopic (exact) mass is 497 g/mol. The lowest BCUT2D eigenvalue weighted by Crippen LogP contribution is -2.42. The highest BCUT2D eigenvalue weighted by Crippen LogP contribution is 2.31. The zero-order valence-electron chi connectivity index (χ0n) is 19.5. The Morgan fingerprint density at radius 3 is 1.80 bits per heavy atom. The van der Waals surface area contributed by atoms with E-state index in [-0.39, 0.29) is 10.6 Å². The van der Waals surface area contributed by atoms with Gasteiger partial charge in [-0.05, 0) is 44.0 Å². The van der Waals surface area contributed by atoms with Gasteiger partial charge in [-0.1, -0.05) is 60.7 Å². The molecular weight excluding hydrogens is 470 g/mol. The summed E-state index contributed by atoms with van der Waals surface area (Å²) < 4.78 is 34.8. The van der Waals surface area contributed by atoms with Crippen LogP contribution in [0.5, 0.6) is 0 Å². The lowest BCUT2D eigenvalue weighted by molar-refractivity contribution is -0.384. The molecule has 0 saturated heterocycles. The smallest absolute Gasteiger partial charge is 0.408 e. The zero-order valence-corrected chi connectivity index (χ0v) is 20.4. The van der Waals surface area contributed by atoms with Gasteiger partial charge in [-0.15, -0.1) is 0 Å². The van der Waals surface area contributed by atoms with Crippen LogP contribution in [0.2, 0.25) is 0 Å². The van der Waals surface area contributed by atoms with Crippen LogP contribution < -0.4 is 10.0 Å². The zero-order chi connectivity index (χ0) is 25.6. The predicted octanol–water partition coefficient (Wildman–Crippen LogP) is 4.88. The first-order valence-corrected chi connectivity index (χ1v) is 12.3. The van der Waals surface area contributed by atoms with Crippen LogP contribution in [-0.2, 0) is 14.8 Å². The van der Waals surface area contributed by atoms with Gasteiger partial charge in [0.05, 0.1) is 21.9 Å². The van der Waals surface area contributed by atoms with Crippen LogP contribution in [0.25, 0.3) is 0 Å². The Morgan fingerprint density at radius 2 is 1.34 bits per heavy atom. The van der Waals surface area contributed by atoms with E-state index in [2.05, 4.69) is 10.0 Å². The van der Waals surface area contributed by atoms with Crippen LogP contribution in [-0.4, -0.2) is 25.0 Å². The van der Waals surface area contributed by atoms with E-state index in [1.54, 1.807) is 75.4 Å².